The van der Waals surface area contributed by atoms with Gasteiger partial charge in [0, 0.05) is 38.5 Å². The molecule has 2 nitrogen and oxygen atoms in total. The predicted octanol–water partition coefficient (Wildman–Crippen LogP) is 17.2. The molecule has 0 atom stereocenters. The summed E-state index contributed by atoms with van der Waals surface area (Å²) in [5.41, 5.74) is 23.7. The topological polar surface area (TPSA) is 16.4 Å². The third kappa shape index (κ3) is 5.32. The smallest absolute Gasteiger partial charge is 0.136 e. The first-order valence-electron chi connectivity index (χ1n) is 23.0. The molecule has 0 amide bonds. The fourth-order valence-electron chi connectivity index (χ4n) is 12.3. The molecule has 3 aliphatic carbocycles. The highest BCUT2D eigenvalue weighted by Gasteiger charge is 2.45. The number of furan rings is 1. The number of benzene rings is 9. The van der Waals surface area contributed by atoms with E-state index in [-0.39, 0.29) is 10.8 Å². The van der Waals surface area contributed by atoms with Crippen molar-refractivity contribution in [1.82, 2.24) is 0 Å². The molecular formula is C62H47NO. The summed E-state index contributed by atoms with van der Waals surface area (Å²) in [5.74, 6) is 0. The van der Waals surface area contributed by atoms with Gasteiger partial charge in [0.05, 0.1) is 5.69 Å². The first-order chi connectivity index (χ1) is 31.5. The summed E-state index contributed by atoms with van der Waals surface area (Å²) in [6, 6.07) is 74.4. The van der Waals surface area contributed by atoms with Crippen LogP contribution in [-0.4, -0.2) is 0 Å². The van der Waals surface area contributed by atoms with E-state index < -0.39 is 0 Å². The van der Waals surface area contributed by atoms with Crippen LogP contribution in [0.5, 0.6) is 0 Å². The van der Waals surface area contributed by atoms with E-state index in [0.29, 0.717) is 0 Å². The molecule has 0 saturated heterocycles. The lowest BCUT2D eigenvalue weighted by Gasteiger charge is -2.31. The molecule has 2 heteroatoms. The average Bonchev–Trinajstić information content (AvgIpc) is 4.11. The molecule has 0 aliphatic heterocycles. The summed E-state index contributed by atoms with van der Waals surface area (Å²) < 4.78 is 6.45. The number of para-hydroxylation sites is 2. The predicted molar refractivity (Wildman–Crippen MR) is 267 cm³/mol. The van der Waals surface area contributed by atoms with E-state index in [4.69, 9.17) is 4.42 Å². The quantitative estimate of drug-likeness (QED) is 0.166. The normalized spacial score (nSPS) is 15.0. The zero-order valence-corrected chi connectivity index (χ0v) is 36.2. The average molecular weight is 822 g/mol. The molecule has 1 spiro atoms. The summed E-state index contributed by atoms with van der Waals surface area (Å²) in [4.78, 5) is 2.50. The fourth-order valence-corrected chi connectivity index (χ4v) is 12.3. The van der Waals surface area contributed by atoms with Crippen LogP contribution in [0.4, 0.5) is 17.1 Å². The van der Waals surface area contributed by atoms with Crippen molar-refractivity contribution in [3.63, 3.8) is 0 Å². The van der Waals surface area contributed by atoms with Crippen molar-refractivity contribution in [1.29, 1.82) is 0 Å². The lowest BCUT2D eigenvalue weighted by molar-refractivity contribution is 0.550. The van der Waals surface area contributed by atoms with E-state index in [1.165, 1.54) is 98.1 Å². The van der Waals surface area contributed by atoms with E-state index in [9.17, 15) is 0 Å². The summed E-state index contributed by atoms with van der Waals surface area (Å²) >= 11 is 0. The number of hydrogen-bond donors (Lipinski definition) is 0. The van der Waals surface area contributed by atoms with Gasteiger partial charge in [-0.25, -0.2) is 0 Å². The molecule has 9 aromatic carbocycles. The maximum Gasteiger partial charge on any atom is 0.136 e. The molecule has 1 aromatic heterocycles. The minimum atomic E-state index is -0.116. The SMILES string of the molecule is CC1(C)c2ccccc2-c2cccc(-c3ccccc3-c3ccc(N(c4ccc5c(c4)C4(CCCC4)c4ccccc4-5)c4ccccc4-c4cccc5oc6ccccc6c45)cc3)c21. The van der Waals surface area contributed by atoms with Crippen LogP contribution in [0.1, 0.15) is 61.8 Å². The van der Waals surface area contributed by atoms with Crippen molar-refractivity contribution in [2.24, 2.45) is 0 Å². The van der Waals surface area contributed by atoms with E-state index in [1.807, 2.05) is 0 Å². The Labute approximate surface area is 375 Å². The lowest BCUT2D eigenvalue weighted by atomic mass is 9.76. The van der Waals surface area contributed by atoms with Crippen molar-refractivity contribution >= 4 is 39.0 Å². The fraction of sp³-hybridized carbons (Fsp3) is 0.129. The highest BCUT2D eigenvalue weighted by molar-refractivity contribution is 6.14. The van der Waals surface area contributed by atoms with Crippen molar-refractivity contribution < 1.29 is 4.42 Å². The Hall–Kier alpha value is -7.42. The van der Waals surface area contributed by atoms with Crippen molar-refractivity contribution in [2.75, 3.05) is 4.90 Å². The Balaban J connectivity index is 0.987. The first-order valence-corrected chi connectivity index (χ1v) is 23.0. The van der Waals surface area contributed by atoms with E-state index >= 15 is 0 Å². The Morgan fingerprint density at radius 1 is 0.406 bits per heavy atom. The molecule has 13 rings (SSSR count). The molecule has 10 aromatic rings. The maximum atomic E-state index is 6.45. The zero-order chi connectivity index (χ0) is 42.6. The number of nitrogens with zero attached hydrogens (tertiary/aromatic N) is 1. The monoisotopic (exact) mass is 821 g/mol. The molecule has 1 saturated carbocycles. The summed E-state index contributed by atoms with van der Waals surface area (Å²) in [6.07, 6.45) is 4.89. The second-order valence-corrected chi connectivity index (χ2v) is 18.7. The molecule has 0 bridgehead atoms. The van der Waals surface area contributed by atoms with Gasteiger partial charge in [0.25, 0.3) is 0 Å². The molecule has 3 aliphatic rings. The van der Waals surface area contributed by atoms with Gasteiger partial charge < -0.3 is 9.32 Å². The lowest BCUT2D eigenvalue weighted by Crippen LogP contribution is -2.21. The van der Waals surface area contributed by atoms with Crippen LogP contribution in [-0.2, 0) is 10.8 Å². The van der Waals surface area contributed by atoms with Gasteiger partial charge in [-0.15, -0.1) is 0 Å². The van der Waals surface area contributed by atoms with Crippen LogP contribution < -0.4 is 4.90 Å². The van der Waals surface area contributed by atoms with Gasteiger partial charge >= 0.3 is 0 Å². The Kier molecular flexibility index (Phi) is 8.15. The zero-order valence-electron chi connectivity index (χ0n) is 36.2. The Bertz CT molecular complexity index is 3490. The third-order valence-electron chi connectivity index (χ3n) is 15.0. The molecule has 0 radical (unpaired) electrons. The minimum absolute atomic E-state index is 0.0511. The van der Waals surface area contributed by atoms with Crippen LogP contribution >= 0.6 is 0 Å². The van der Waals surface area contributed by atoms with Crippen molar-refractivity contribution in [3.8, 4) is 55.6 Å². The summed E-state index contributed by atoms with van der Waals surface area (Å²) in [7, 11) is 0. The molecule has 1 heterocycles. The first kappa shape index (κ1) is 37.2. The summed E-state index contributed by atoms with van der Waals surface area (Å²) in [6.45, 7) is 4.76. The molecule has 64 heavy (non-hydrogen) atoms. The molecule has 0 unspecified atom stereocenters. The number of fused-ring (bicyclic) bond motifs is 11. The van der Waals surface area contributed by atoms with Gasteiger partial charge in [0.15, 0.2) is 0 Å². The highest BCUT2D eigenvalue weighted by Crippen LogP contribution is 2.58. The van der Waals surface area contributed by atoms with Crippen LogP contribution in [0, 0.1) is 0 Å². The van der Waals surface area contributed by atoms with Crippen LogP contribution in [0.15, 0.2) is 205 Å². The van der Waals surface area contributed by atoms with E-state index in [1.54, 1.807) is 0 Å². The van der Waals surface area contributed by atoms with Crippen LogP contribution in [0.2, 0.25) is 0 Å². The molecular weight excluding hydrogens is 775 g/mol. The number of rotatable bonds is 6. The maximum absolute atomic E-state index is 6.45. The highest BCUT2D eigenvalue weighted by atomic mass is 16.3. The van der Waals surface area contributed by atoms with E-state index in [0.717, 1.165) is 44.4 Å². The standard InChI is InChI=1S/C62H47NO/c1-61(2)53-26-9-5-20-46(53)51-25-15-24-50(60(51)61)44-18-4-3-17-43(44)40-31-33-41(34-32-40)63(42-35-36-47-45-19-6-10-27-54(45)62(55(47)39-42)37-13-14-38-62)56-28-11-7-21-48(56)49-23-16-30-58-59(49)52-22-8-12-29-57(52)64-58/h3-12,15-36,39H,13-14,37-38H2,1-2H3. The van der Waals surface area contributed by atoms with Gasteiger partial charge in [-0.05, 0) is 128 Å². The molecule has 1 fully saturated rings. The second-order valence-electron chi connectivity index (χ2n) is 18.7. The van der Waals surface area contributed by atoms with Gasteiger partial charge in [0.1, 0.15) is 11.2 Å². The number of hydrogen-bond acceptors (Lipinski definition) is 2. The van der Waals surface area contributed by atoms with Gasteiger partial charge in [0.2, 0.25) is 0 Å². The minimum Gasteiger partial charge on any atom is -0.456 e. The van der Waals surface area contributed by atoms with Crippen molar-refractivity contribution in [3.05, 3.63) is 222 Å². The summed E-state index contributed by atoms with van der Waals surface area (Å²) in [5, 5.41) is 2.28. The largest absolute Gasteiger partial charge is 0.456 e. The van der Waals surface area contributed by atoms with Crippen molar-refractivity contribution in [2.45, 2.75) is 50.4 Å². The van der Waals surface area contributed by atoms with Gasteiger partial charge in [-0.2, -0.15) is 0 Å². The Morgan fingerprint density at radius 2 is 0.953 bits per heavy atom. The van der Waals surface area contributed by atoms with Crippen LogP contribution in [0.25, 0.3) is 77.6 Å². The molecule has 0 N–H and O–H groups in total. The van der Waals surface area contributed by atoms with Gasteiger partial charge in [-0.1, -0.05) is 184 Å². The van der Waals surface area contributed by atoms with E-state index in [2.05, 4.69) is 219 Å². The van der Waals surface area contributed by atoms with Crippen LogP contribution in [0.3, 0.4) is 0 Å². The molecule has 306 valence electrons. The number of anilines is 3. The Morgan fingerprint density at radius 3 is 1.75 bits per heavy atom. The third-order valence-corrected chi connectivity index (χ3v) is 15.0. The van der Waals surface area contributed by atoms with Gasteiger partial charge in [-0.3, -0.25) is 0 Å². The second kappa shape index (κ2) is 14.0.